The molecule has 0 aliphatic carbocycles. The third-order valence-electron chi connectivity index (χ3n) is 3.99. The third-order valence-corrected chi connectivity index (χ3v) is 6.23. The monoisotopic (exact) mass is 401 g/mol. The minimum Gasteiger partial charge on any atom is -0.479 e. The fourth-order valence-corrected chi connectivity index (χ4v) is 4.59. The van der Waals surface area contributed by atoms with E-state index in [0.717, 1.165) is 5.56 Å². The zero-order valence-corrected chi connectivity index (χ0v) is 15.8. The van der Waals surface area contributed by atoms with E-state index in [4.69, 9.17) is 4.74 Å². The van der Waals surface area contributed by atoms with Crippen molar-refractivity contribution in [3.05, 3.63) is 53.9 Å². The summed E-state index contributed by atoms with van der Waals surface area (Å²) < 4.78 is 32.8. The van der Waals surface area contributed by atoms with Gasteiger partial charge < -0.3 is 10.1 Å². The second kappa shape index (κ2) is 6.67. The molecule has 0 saturated heterocycles. The predicted octanol–water partition coefficient (Wildman–Crippen LogP) is 3.33. The second-order valence-corrected chi connectivity index (χ2v) is 8.46. The molecule has 1 unspecified atom stereocenters. The highest BCUT2D eigenvalue weighted by molar-refractivity contribution is 7.93. The van der Waals surface area contributed by atoms with Crippen molar-refractivity contribution in [3.63, 3.8) is 0 Å². The summed E-state index contributed by atoms with van der Waals surface area (Å²) in [5.41, 5.74) is 1.91. The van der Waals surface area contributed by atoms with E-state index in [2.05, 4.69) is 15.0 Å². The average Bonchev–Trinajstić information content (AvgIpc) is 3.11. The van der Waals surface area contributed by atoms with E-state index in [1.165, 1.54) is 23.5 Å². The van der Waals surface area contributed by atoms with Crippen molar-refractivity contribution in [3.8, 4) is 17.0 Å². The molecule has 4 rings (SSSR count). The number of rotatable bonds is 4. The number of hydrogen-bond donors (Lipinski definition) is 2. The van der Waals surface area contributed by atoms with Crippen molar-refractivity contribution >= 4 is 38.1 Å². The number of fused-ring (bicyclic) bond motifs is 1. The van der Waals surface area contributed by atoms with Crippen molar-refractivity contribution in [2.75, 3.05) is 10.0 Å². The smallest absolute Gasteiger partial charge is 0.265 e. The summed E-state index contributed by atoms with van der Waals surface area (Å²) in [4.78, 5) is 16.3. The molecule has 27 heavy (non-hydrogen) atoms. The Morgan fingerprint density at radius 2 is 1.96 bits per heavy atom. The molecule has 2 aromatic carbocycles. The van der Waals surface area contributed by atoms with E-state index in [1.54, 1.807) is 42.6 Å². The summed E-state index contributed by atoms with van der Waals surface area (Å²) in [6.07, 6.45) is -0.540. The number of carbonyl (C=O) groups is 1. The first-order chi connectivity index (χ1) is 12.9. The average molecular weight is 401 g/mol. The van der Waals surface area contributed by atoms with Gasteiger partial charge in [0.1, 0.15) is 5.75 Å². The highest BCUT2D eigenvalue weighted by atomic mass is 32.2. The Kier molecular flexibility index (Phi) is 4.33. The molecular formula is C18H15N3O4S2. The summed E-state index contributed by atoms with van der Waals surface area (Å²) >= 11 is 1.18. The molecule has 1 aliphatic rings. The molecular weight excluding hydrogens is 386 g/mol. The molecule has 0 radical (unpaired) electrons. The van der Waals surface area contributed by atoms with Gasteiger partial charge in [-0.25, -0.2) is 13.4 Å². The van der Waals surface area contributed by atoms with E-state index < -0.39 is 16.1 Å². The third kappa shape index (κ3) is 3.51. The van der Waals surface area contributed by atoms with Gasteiger partial charge in [0, 0.05) is 10.9 Å². The number of hydrogen-bond acceptors (Lipinski definition) is 6. The zero-order chi connectivity index (χ0) is 19.0. The maximum atomic E-state index is 12.4. The Morgan fingerprint density at radius 1 is 1.19 bits per heavy atom. The van der Waals surface area contributed by atoms with Crippen LogP contribution in [0.25, 0.3) is 11.3 Å². The number of anilines is 2. The van der Waals surface area contributed by atoms with Gasteiger partial charge in [-0.2, -0.15) is 0 Å². The van der Waals surface area contributed by atoms with Crippen molar-refractivity contribution in [1.82, 2.24) is 4.98 Å². The lowest BCUT2D eigenvalue weighted by atomic mass is 10.1. The quantitative estimate of drug-likeness (QED) is 0.699. The summed E-state index contributed by atoms with van der Waals surface area (Å²) in [7, 11) is -3.69. The normalized spacial score (nSPS) is 16.2. The largest absolute Gasteiger partial charge is 0.479 e. The molecule has 138 valence electrons. The Bertz CT molecular complexity index is 1110. The summed E-state index contributed by atoms with van der Waals surface area (Å²) in [6, 6.07) is 13.4. The fourth-order valence-electron chi connectivity index (χ4n) is 2.59. The van der Waals surface area contributed by atoms with Gasteiger partial charge in [-0.05, 0) is 37.3 Å². The number of ether oxygens (including phenoxy) is 1. The lowest BCUT2D eigenvalue weighted by Gasteiger charge is -2.23. The van der Waals surface area contributed by atoms with Crippen LogP contribution in [-0.4, -0.2) is 25.4 Å². The summed E-state index contributed by atoms with van der Waals surface area (Å²) in [5, 5.41) is 4.80. The molecule has 1 aromatic heterocycles. The van der Waals surface area contributed by atoms with Crippen LogP contribution >= 0.6 is 11.3 Å². The Balaban J connectivity index is 1.58. The number of aromatic nitrogens is 1. The van der Waals surface area contributed by atoms with Gasteiger partial charge in [0.15, 0.2) is 11.2 Å². The number of carbonyl (C=O) groups excluding carboxylic acids is 1. The fraction of sp³-hybridized carbons (Fsp3) is 0.111. The number of nitrogens with one attached hydrogen (secondary N) is 2. The van der Waals surface area contributed by atoms with Crippen LogP contribution < -0.4 is 14.8 Å². The number of thiazole rings is 1. The molecule has 3 aromatic rings. The molecule has 1 atom stereocenters. The van der Waals surface area contributed by atoms with Crippen molar-refractivity contribution in [1.29, 1.82) is 0 Å². The van der Waals surface area contributed by atoms with Gasteiger partial charge >= 0.3 is 0 Å². The molecule has 0 bridgehead atoms. The van der Waals surface area contributed by atoms with Crippen LogP contribution in [0.2, 0.25) is 0 Å². The van der Waals surface area contributed by atoms with Crippen molar-refractivity contribution < 1.29 is 17.9 Å². The van der Waals surface area contributed by atoms with Crippen molar-refractivity contribution in [2.24, 2.45) is 0 Å². The summed E-state index contributed by atoms with van der Waals surface area (Å²) in [6.45, 7) is 1.68. The molecule has 9 heteroatoms. The summed E-state index contributed by atoms with van der Waals surface area (Å²) in [5.74, 6) is 0.375. The van der Waals surface area contributed by atoms with Gasteiger partial charge in [0.05, 0.1) is 16.3 Å². The van der Waals surface area contributed by atoms with Crippen LogP contribution in [0.5, 0.6) is 5.75 Å². The van der Waals surface area contributed by atoms with Crippen molar-refractivity contribution in [2.45, 2.75) is 17.9 Å². The van der Waals surface area contributed by atoms with E-state index in [-0.39, 0.29) is 15.9 Å². The van der Waals surface area contributed by atoms with Gasteiger partial charge in [-0.15, -0.1) is 11.3 Å². The Hall–Kier alpha value is -2.91. The van der Waals surface area contributed by atoms with E-state index >= 15 is 0 Å². The molecule has 0 spiro atoms. The standard InChI is InChI=1S/C18H15N3O4S2/c1-11-17(22)19-14-9-12(7-8-16(14)25-11)15-10-26-18(20-15)21-27(23,24)13-5-3-2-4-6-13/h2-11H,1H3,(H,19,22)(H,20,21). The Labute approximate surface area is 160 Å². The van der Waals surface area contributed by atoms with Crippen LogP contribution in [0.3, 0.4) is 0 Å². The maximum absolute atomic E-state index is 12.4. The predicted molar refractivity (Wildman–Crippen MR) is 104 cm³/mol. The maximum Gasteiger partial charge on any atom is 0.265 e. The second-order valence-electron chi connectivity index (χ2n) is 5.92. The highest BCUT2D eigenvalue weighted by Crippen LogP contribution is 2.35. The van der Waals surface area contributed by atoms with Crippen LogP contribution in [0.1, 0.15) is 6.92 Å². The zero-order valence-electron chi connectivity index (χ0n) is 14.2. The minimum atomic E-state index is -3.69. The van der Waals surface area contributed by atoms with E-state index in [0.29, 0.717) is 17.1 Å². The lowest BCUT2D eigenvalue weighted by molar-refractivity contribution is -0.122. The number of sulfonamides is 1. The first-order valence-corrected chi connectivity index (χ1v) is 10.4. The number of benzene rings is 2. The molecule has 2 heterocycles. The highest BCUT2D eigenvalue weighted by Gasteiger charge is 2.24. The first-order valence-electron chi connectivity index (χ1n) is 8.08. The van der Waals surface area contributed by atoms with Crippen LogP contribution in [0.4, 0.5) is 10.8 Å². The SMILES string of the molecule is CC1Oc2ccc(-c3csc(NS(=O)(=O)c4ccccc4)n3)cc2NC1=O. The van der Waals surface area contributed by atoms with Gasteiger partial charge in [0.2, 0.25) is 0 Å². The Morgan fingerprint density at radius 3 is 2.74 bits per heavy atom. The van der Waals surface area contributed by atoms with Gasteiger partial charge in [-0.3, -0.25) is 9.52 Å². The molecule has 0 saturated carbocycles. The lowest BCUT2D eigenvalue weighted by Crippen LogP contribution is -2.34. The number of nitrogens with zero attached hydrogens (tertiary/aromatic N) is 1. The van der Waals surface area contributed by atoms with Gasteiger partial charge in [-0.1, -0.05) is 18.2 Å². The molecule has 0 fully saturated rings. The first kappa shape index (κ1) is 17.5. The number of amides is 1. The molecule has 2 N–H and O–H groups in total. The van der Waals surface area contributed by atoms with Gasteiger partial charge in [0.25, 0.3) is 15.9 Å². The van der Waals surface area contributed by atoms with Crippen LogP contribution in [0, 0.1) is 0 Å². The molecule has 1 aliphatic heterocycles. The topological polar surface area (TPSA) is 97.4 Å². The molecule has 1 amide bonds. The van der Waals surface area contributed by atoms with E-state index in [9.17, 15) is 13.2 Å². The van der Waals surface area contributed by atoms with E-state index in [1.807, 2.05) is 6.07 Å². The van der Waals surface area contributed by atoms with Crippen LogP contribution in [0.15, 0.2) is 58.8 Å². The molecule has 7 nitrogen and oxygen atoms in total. The van der Waals surface area contributed by atoms with Crippen LogP contribution in [-0.2, 0) is 14.8 Å². The minimum absolute atomic E-state index is 0.171.